The minimum absolute atomic E-state index is 0.537. The average molecular weight is 220 g/mol. The van der Waals surface area contributed by atoms with Crippen LogP contribution in [0.2, 0.25) is 0 Å². The van der Waals surface area contributed by atoms with Crippen LogP contribution < -0.4 is 0 Å². The fourth-order valence-corrected chi connectivity index (χ4v) is 1.99. The van der Waals surface area contributed by atoms with Gasteiger partial charge in [0.15, 0.2) is 0 Å². The van der Waals surface area contributed by atoms with Crippen LogP contribution in [0, 0.1) is 19.8 Å². The zero-order valence-corrected chi connectivity index (χ0v) is 10.6. The van der Waals surface area contributed by atoms with Gasteiger partial charge in [0.05, 0.1) is 6.54 Å². The Kier molecular flexibility index (Phi) is 4.51. The van der Waals surface area contributed by atoms with E-state index in [9.17, 15) is 4.79 Å². The van der Waals surface area contributed by atoms with Gasteiger partial charge in [-0.15, -0.1) is 0 Å². The van der Waals surface area contributed by atoms with E-state index >= 15 is 0 Å². The van der Waals surface area contributed by atoms with Crippen LogP contribution in [0.5, 0.6) is 0 Å². The molecule has 0 aliphatic rings. The highest BCUT2D eigenvalue weighted by molar-refractivity contribution is 5.33. The number of aliphatic imine (C=N–C) groups is 1. The van der Waals surface area contributed by atoms with Crippen molar-refractivity contribution >= 4 is 6.08 Å². The summed E-state index contributed by atoms with van der Waals surface area (Å²) in [6.45, 7) is 10.3. The van der Waals surface area contributed by atoms with Crippen molar-refractivity contribution in [1.82, 2.24) is 4.57 Å². The third kappa shape index (κ3) is 3.07. The summed E-state index contributed by atoms with van der Waals surface area (Å²) in [4.78, 5) is 13.6. The first-order valence-electron chi connectivity index (χ1n) is 5.75. The summed E-state index contributed by atoms with van der Waals surface area (Å²) in [6.07, 6.45) is 2.41. The van der Waals surface area contributed by atoms with Crippen LogP contribution >= 0.6 is 0 Å². The van der Waals surface area contributed by atoms with Crippen molar-refractivity contribution in [3.8, 4) is 0 Å². The molecule has 1 rings (SSSR count). The number of isocyanates is 1. The highest BCUT2D eigenvalue weighted by Crippen LogP contribution is 2.17. The van der Waals surface area contributed by atoms with Crippen LogP contribution in [0.3, 0.4) is 0 Å². The molecule has 88 valence electrons. The standard InChI is InChI=1S/C13H20N2O/c1-10(2)8-15-11(3)7-13(12(15)4)5-6-14-9-16/h7,10H,5-6,8H2,1-4H3. The lowest BCUT2D eigenvalue weighted by atomic mass is 10.2. The highest BCUT2D eigenvalue weighted by atomic mass is 16.1. The maximum Gasteiger partial charge on any atom is 0.234 e. The molecule has 0 radical (unpaired) electrons. The monoisotopic (exact) mass is 220 g/mol. The van der Waals surface area contributed by atoms with Gasteiger partial charge in [0, 0.05) is 17.9 Å². The number of hydrogen-bond acceptors (Lipinski definition) is 2. The molecule has 1 aromatic rings. The number of rotatable bonds is 5. The minimum atomic E-state index is 0.537. The van der Waals surface area contributed by atoms with Crippen molar-refractivity contribution in [3.63, 3.8) is 0 Å². The second-order valence-corrected chi connectivity index (χ2v) is 4.62. The lowest BCUT2D eigenvalue weighted by Gasteiger charge is -2.12. The Morgan fingerprint density at radius 3 is 2.69 bits per heavy atom. The molecular weight excluding hydrogens is 200 g/mol. The minimum Gasteiger partial charge on any atom is -0.349 e. The zero-order chi connectivity index (χ0) is 12.1. The summed E-state index contributed by atoms with van der Waals surface area (Å²) in [6, 6.07) is 2.19. The van der Waals surface area contributed by atoms with Gasteiger partial charge in [0.2, 0.25) is 6.08 Å². The fraction of sp³-hybridized carbons (Fsp3) is 0.615. The van der Waals surface area contributed by atoms with Gasteiger partial charge >= 0.3 is 0 Å². The Hall–Kier alpha value is -1.34. The Bertz CT molecular complexity index is 398. The smallest absolute Gasteiger partial charge is 0.234 e. The molecule has 0 aliphatic carbocycles. The second-order valence-electron chi connectivity index (χ2n) is 4.62. The van der Waals surface area contributed by atoms with Crippen LogP contribution in [0.4, 0.5) is 0 Å². The number of aromatic nitrogens is 1. The third-order valence-corrected chi connectivity index (χ3v) is 2.78. The largest absolute Gasteiger partial charge is 0.349 e. The lowest BCUT2D eigenvalue weighted by molar-refractivity contribution is 0.508. The predicted molar refractivity (Wildman–Crippen MR) is 65.4 cm³/mol. The Balaban J connectivity index is 2.83. The van der Waals surface area contributed by atoms with Gasteiger partial charge in [-0.3, -0.25) is 0 Å². The molecular formula is C13H20N2O. The van der Waals surface area contributed by atoms with Gasteiger partial charge < -0.3 is 4.57 Å². The molecule has 0 amide bonds. The van der Waals surface area contributed by atoms with E-state index in [0.717, 1.165) is 13.0 Å². The summed E-state index contributed by atoms with van der Waals surface area (Å²) in [5, 5.41) is 0. The van der Waals surface area contributed by atoms with Gasteiger partial charge in [-0.2, -0.15) is 0 Å². The van der Waals surface area contributed by atoms with Crippen LogP contribution in [0.15, 0.2) is 11.1 Å². The molecule has 0 saturated carbocycles. The third-order valence-electron chi connectivity index (χ3n) is 2.78. The molecule has 0 atom stereocenters. The summed E-state index contributed by atoms with van der Waals surface area (Å²) in [5.74, 6) is 0.644. The molecule has 0 N–H and O–H groups in total. The van der Waals surface area contributed by atoms with Gasteiger partial charge in [0.1, 0.15) is 0 Å². The summed E-state index contributed by atoms with van der Waals surface area (Å²) in [5.41, 5.74) is 3.88. The van der Waals surface area contributed by atoms with Crippen LogP contribution in [-0.2, 0) is 17.8 Å². The van der Waals surface area contributed by atoms with Gasteiger partial charge in [-0.05, 0) is 37.8 Å². The Morgan fingerprint density at radius 1 is 1.44 bits per heavy atom. The molecule has 1 heterocycles. The maximum absolute atomic E-state index is 10.0. The second kappa shape index (κ2) is 5.66. The molecule has 3 nitrogen and oxygen atoms in total. The van der Waals surface area contributed by atoms with Crippen molar-refractivity contribution in [3.05, 3.63) is 23.0 Å². The molecule has 0 bridgehead atoms. The van der Waals surface area contributed by atoms with Crippen molar-refractivity contribution < 1.29 is 4.79 Å². The first-order chi connectivity index (χ1) is 7.56. The molecule has 0 spiro atoms. The van der Waals surface area contributed by atoms with Gasteiger partial charge in [-0.1, -0.05) is 13.8 Å². The van der Waals surface area contributed by atoms with Crippen LogP contribution in [0.25, 0.3) is 0 Å². The average Bonchev–Trinajstić information content (AvgIpc) is 2.46. The van der Waals surface area contributed by atoms with Gasteiger partial charge in [0.25, 0.3) is 0 Å². The molecule has 0 aliphatic heterocycles. The molecule has 16 heavy (non-hydrogen) atoms. The number of carbonyl (C=O) groups excluding carboxylic acids is 1. The van der Waals surface area contributed by atoms with Crippen molar-refractivity contribution in [2.24, 2.45) is 10.9 Å². The molecule has 0 aromatic carbocycles. The molecule has 0 fully saturated rings. The topological polar surface area (TPSA) is 34.4 Å². The normalized spacial score (nSPS) is 10.6. The number of hydrogen-bond donors (Lipinski definition) is 0. The van der Waals surface area contributed by atoms with Crippen LogP contribution in [0.1, 0.15) is 30.8 Å². The number of aryl methyl sites for hydroxylation is 1. The Labute approximate surface area is 97.2 Å². The van der Waals surface area contributed by atoms with Crippen molar-refractivity contribution in [2.45, 2.75) is 40.7 Å². The van der Waals surface area contributed by atoms with E-state index in [-0.39, 0.29) is 0 Å². The van der Waals surface area contributed by atoms with Gasteiger partial charge in [-0.25, -0.2) is 9.79 Å². The van der Waals surface area contributed by atoms with Crippen molar-refractivity contribution in [1.29, 1.82) is 0 Å². The van der Waals surface area contributed by atoms with E-state index < -0.39 is 0 Å². The highest BCUT2D eigenvalue weighted by Gasteiger charge is 2.09. The summed E-state index contributed by atoms with van der Waals surface area (Å²) >= 11 is 0. The first kappa shape index (κ1) is 12.7. The van der Waals surface area contributed by atoms with E-state index in [1.165, 1.54) is 17.0 Å². The maximum atomic E-state index is 10.0. The molecule has 0 unspecified atom stereocenters. The van der Waals surface area contributed by atoms with E-state index in [2.05, 4.69) is 43.3 Å². The van der Waals surface area contributed by atoms with Crippen molar-refractivity contribution in [2.75, 3.05) is 6.54 Å². The van der Waals surface area contributed by atoms with Crippen LogP contribution in [-0.4, -0.2) is 17.2 Å². The van der Waals surface area contributed by atoms with E-state index in [1.807, 2.05) is 0 Å². The quantitative estimate of drug-likeness (QED) is 0.555. The predicted octanol–water partition coefficient (Wildman–Crippen LogP) is 2.64. The van der Waals surface area contributed by atoms with E-state index in [1.54, 1.807) is 6.08 Å². The van der Waals surface area contributed by atoms with E-state index in [4.69, 9.17) is 0 Å². The SMILES string of the molecule is Cc1cc(CCN=C=O)c(C)n1CC(C)C. The number of nitrogens with zero attached hydrogens (tertiary/aromatic N) is 2. The zero-order valence-electron chi connectivity index (χ0n) is 10.6. The summed E-state index contributed by atoms with van der Waals surface area (Å²) in [7, 11) is 0. The molecule has 0 saturated heterocycles. The molecule has 1 aromatic heterocycles. The lowest BCUT2D eigenvalue weighted by Crippen LogP contribution is -2.08. The fourth-order valence-electron chi connectivity index (χ4n) is 1.99. The summed E-state index contributed by atoms with van der Waals surface area (Å²) < 4.78 is 2.34. The Morgan fingerprint density at radius 2 is 2.12 bits per heavy atom. The molecule has 3 heteroatoms. The van der Waals surface area contributed by atoms with E-state index in [0.29, 0.717) is 12.5 Å². The first-order valence-corrected chi connectivity index (χ1v) is 5.75.